The lowest BCUT2D eigenvalue weighted by Crippen LogP contribution is -2.34. The average Bonchev–Trinajstić information content (AvgIpc) is 2.89. The van der Waals surface area contributed by atoms with Crippen molar-refractivity contribution in [2.24, 2.45) is 0 Å². The molecule has 0 bridgehead atoms. The minimum absolute atomic E-state index is 0.172. The number of aromatic nitrogens is 4. The number of hydrogen-bond donors (Lipinski definition) is 3. The van der Waals surface area contributed by atoms with Crippen LogP contribution in [-0.4, -0.2) is 48.1 Å². The Kier molecular flexibility index (Phi) is 6.36. The highest BCUT2D eigenvalue weighted by Gasteiger charge is 2.21. The molecule has 1 aromatic carbocycles. The first-order chi connectivity index (χ1) is 17.0. The van der Waals surface area contributed by atoms with E-state index in [1.54, 1.807) is 24.5 Å². The van der Waals surface area contributed by atoms with Crippen LogP contribution in [0.5, 0.6) is 0 Å². The van der Waals surface area contributed by atoms with Gasteiger partial charge in [-0.3, -0.25) is 14.7 Å². The summed E-state index contributed by atoms with van der Waals surface area (Å²) in [6.07, 6.45) is 4.83. The van der Waals surface area contributed by atoms with Crippen LogP contribution in [-0.2, 0) is 14.8 Å². The molecule has 35 heavy (non-hydrogen) atoms. The Hall–Kier alpha value is -3.93. The Bertz CT molecular complexity index is 1490. The van der Waals surface area contributed by atoms with Gasteiger partial charge in [0.15, 0.2) is 0 Å². The molecule has 1 unspecified atom stereocenters. The van der Waals surface area contributed by atoms with Crippen LogP contribution < -0.4 is 15.4 Å². The molecule has 0 amide bonds. The number of nitrogens with one attached hydrogen (secondary N) is 3. The van der Waals surface area contributed by atoms with Crippen molar-refractivity contribution < 1.29 is 13.2 Å². The maximum atomic E-state index is 11.9. The quantitative estimate of drug-likeness (QED) is 0.357. The maximum Gasteiger partial charge on any atom is 0.254 e. The second kappa shape index (κ2) is 9.74. The maximum absolute atomic E-state index is 11.9. The zero-order chi connectivity index (χ0) is 24.3. The molecule has 0 radical (unpaired) electrons. The molecule has 1 atom stereocenters. The van der Waals surface area contributed by atoms with Crippen LogP contribution >= 0.6 is 0 Å². The molecule has 1 aliphatic heterocycles. The first-order valence-electron chi connectivity index (χ1n) is 10.9. The highest BCUT2D eigenvalue weighted by atomic mass is 32.2. The standard InChI is InChI=1S/C24H23N7O3S/c1-2-35(32,33)31-17-8-10-26-20(13-17)18-6-3-5-16-14-28-24(30-22(16)18)29-19-7-4-9-27-23(19)21-15-25-11-12-34-21/h2-10,13-14,21,25H,1,11-12,15H2,(H,26,31)(H,28,29,30). The second-order valence-corrected chi connectivity index (χ2v) is 9.43. The molecule has 0 spiro atoms. The van der Waals surface area contributed by atoms with Gasteiger partial charge in [-0.1, -0.05) is 24.8 Å². The average molecular weight is 490 g/mol. The lowest BCUT2D eigenvalue weighted by Gasteiger charge is -2.24. The van der Waals surface area contributed by atoms with E-state index >= 15 is 0 Å². The molecule has 0 saturated carbocycles. The SMILES string of the molecule is C=CS(=O)(=O)Nc1ccnc(-c2cccc3cnc(Nc4cccnc4C4CNCCO4)nc23)c1. The van der Waals surface area contributed by atoms with Crippen molar-refractivity contribution in [3.05, 3.63) is 78.7 Å². The van der Waals surface area contributed by atoms with Crippen LogP contribution in [0.1, 0.15) is 11.8 Å². The number of anilines is 3. The number of nitrogens with zero attached hydrogens (tertiary/aromatic N) is 4. The van der Waals surface area contributed by atoms with E-state index in [0.717, 1.165) is 34.3 Å². The molecule has 3 aromatic heterocycles. The van der Waals surface area contributed by atoms with Gasteiger partial charge in [-0.25, -0.2) is 18.4 Å². The number of benzene rings is 1. The Labute approximate surface area is 202 Å². The zero-order valence-corrected chi connectivity index (χ0v) is 19.5. The largest absolute Gasteiger partial charge is 0.369 e. The van der Waals surface area contributed by atoms with E-state index in [1.807, 2.05) is 30.3 Å². The summed E-state index contributed by atoms with van der Waals surface area (Å²) in [6, 6.07) is 12.6. The summed E-state index contributed by atoms with van der Waals surface area (Å²) in [5.41, 5.74) is 3.88. The summed E-state index contributed by atoms with van der Waals surface area (Å²) >= 11 is 0. The highest BCUT2D eigenvalue weighted by molar-refractivity contribution is 7.95. The third-order valence-corrected chi connectivity index (χ3v) is 6.40. The Morgan fingerprint density at radius 3 is 2.86 bits per heavy atom. The Morgan fingerprint density at radius 1 is 1.11 bits per heavy atom. The van der Waals surface area contributed by atoms with E-state index in [-0.39, 0.29) is 6.10 Å². The molecule has 4 heterocycles. The van der Waals surface area contributed by atoms with Crippen molar-refractivity contribution in [3.63, 3.8) is 0 Å². The molecule has 11 heteroatoms. The molecule has 10 nitrogen and oxygen atoms in total. The summed E-state index contributed by atoms with van der Waals surface area (Å²) in [4.78, 5) is 18.2. The van der Waals surface area contributed by atoms with E-state index in [4.69, 9.17) is 9.72 Å². The van der Waals surface area contributed by atoms with Gasteiger partial charge in [-0.05, 0) is 24.3 Å². The fraction of sp³-hybridized carbons (Fsp3) is 0.167. The molecule has 5 rings (SSSR count). The van der Waals surface area contributed by atoms with Crippen LogP contribution in [0.4, 0.5) is 17.3 Å². The number of rotatable bonds is 7. The molecular formula is C24H23N7O3S. The fourth-order valence-corrected chi connectivity index (χ4v) is 4.35. The van der Waals surface area contributed by atoms with Gasteiger partial charge in [0.2, 0.25) is 5.95 Å². The first kappa shape index (κ1) is 22.8. The second-order valence-electron chi connectivity index (χ2n) is 7.81. The van der Waals surface area contributed by atoms with Gasteiger partial charge in [0.1, 0.15) is 6.10 Å². The Morgan fingerprint density at radius 2 is 2.03 bits per heavy atom. The number of ether oxygens (including phenoxy) is 1. The third kappa shape index (κ3) is 5.11. The van der Waals surface area contributed by atoms with E-state index in [9.17, 15) is 8.42 Å². The van der Waals surface area contributed by atoms with Gasteiger partial charge in [0.05, 0.1) is 34.9 Å². The normalized spacial score (nSPS) is 16.1. The minimum atomic E-state index is -3.64. The van der Waals surface area contributed by atoms with Crippen molar-refractivity contribution in [2.45, 2.75) is 6.10 Å². The van der Waals surface area contributed by atoms with Crippen molar-refractivity contribution in [2.75, 3.05) is 29.7 Å². The number of morpholine rings is 1. The van der Waals surface area contributed by atoms with E-state index in [0.29, 0.717) is 36.0 Å². The molecule has 178 valence electrons. The highest BCUT2D eigenvalue weighted by Crippen LogP contribution is 2.30. The van der Waals surface area contributed by atoms with E-state index in [1.165, 1.54) is 6.20 Å². The van der Waals surface area contributed by atoms with Gasteiger partial charge in [-0.15, -0.1) is 0 Å². The van der Waals surface area contributed by atoms with Crippen molar-refractivity contribution >= 4 is 38.2 Å². The van der Waals surface area contributed by atoms with Crippen LogP contribution in [0.2, 0.25) is 0 Å². The minimum Gasteiger partial charge on any atom is -0.369 e. The number of fused-ring (bicyclic) bond motifs is 1. The van der Waals surface area contributed by atoms with E-state index in [2.05, 4.69) is 36.9 Å². The summed E-state index contributed by atoms with van der Waals surface area (Å²) in [6.45, 7) is 5.43. The van der Waals surface area contributed by atoms with Crippen LogP contribution in [0, 0.1) is 0 Å². The van der Waals surface area contributed by atoms with Gasteiger partial charge in [0.25, 0.3) is 10.0 Å². The molecule has 3 N–H and O–H groups in total. The fourth-order valence-electron chi connectivity index (χ4n) is 3.81. The third-order valence-electron chi connectivity index (χ3n) is 5.44. The molecule has 1 aliphatic rings. The summed E-state index contributed by atoms with van der Waals surface area (Å²) in [5, 5.41) is 8.27. The topological polar surface area (TPSA) is 131 Å². The number of hydrogen-bond acceptors (Lipinski definition) is 9. The number of sulfonamides is 1. The van der Waals surface area contributed by atoms with Crippen molar-refractivity contribution in [1.29, 1.82) is 0 Å². The van der Waals surface area contributed by atoms with Crippen LogP contribution in [0.15, 0.2) is 73.0 Å². The van der Waals surface area contributed by atoms with Crippen molar-refractivity contribution in [1.82, 2.24) is 25.3 Å². The van der Waals surface area contributed by atoms with Gasteiger partial charge < -0.3 is 15.4 Å². The predicted molar refractivity (Wildman–Crippen MR) is 135 cm³/mol. The van der Waals surface area contributed by atoms with Crippen LogP contribution in [0.3, 0.4) is 0 Å². The molecule has 0 aliphatic carbocycles. The molecule has 1 fully saturated rings. The van der Waals surface area contributed by atoms with Gasteiger partial charge >= 0.3 is 0 Å². The van der Waals surface area contributed by atoms with Crippen molar-refractivity contribution in [3.8, 4) is 11.3 Å². The summed E-state index contributed by atoms with van der Waals surface area (Å²) in [5.74, 6) is 0.395. The summed E-state index contributed by atoms with van der Waals surface area (Å²) < 4.78 is 32.1. The number of pyridine rings is 2. The molecule has 1 saturated heterocycles. The predicted octanol–water partition coefficient (Wildman–Crippen LogP) is 3.38. The lowest BCUT2D eigenvalue weighted by atomic mass is 10.1. The molecular weight excluding hydrogens is 466 g/mol. The molecule has 4 aromatic rings. The van der Waals surface area contributed by atoms with Crippen LogP contribution in [0.25, 0.3) is 22.2 Å². The van der Waals surface area contributed by atoms with Gasteiger partial charge in [0, 0.05) is 48.0 Å². The lowest BCUT2D eigenvalue weighted by molar-refractivity contribution is 0.0255. The first-order valence-corrected chi connectivity index (χ1v) is 12.5. The summed E-state index contributed by atoms with van der Waals surface area (Å²) in [7, 11) is -3.64. The zero-order valence-electron chi connectivity index (χ0n) is 18.7. The monoisotopic (exact) mass is 489 g/mol. The number of para-hydroxylation sites is 1. The smallest absolute Gasteiger partial charge is 0.254 e. The Balaban J connectivity index is 1.50. The van der Waals surface area contributed by atoms with E-state index < -0.39 is 10.0 Å². The van der Waals surface area contributed by atoms with Gasteiger partial charge in [-0.2, -0.15) is 0 Å².